The summed E-state index contributed by atoms with van der Waals surface area (Å²) in [7, 11) is 3.76. The first-order valence-corrected chi connectivity index (χ1v) is 5.39. The number of nitrogens with zero attached hydrogens (tertiary/aromatic N) is 3. The average molecular weight is 237 g/mol. The molecule has 5 heteroatoms. The molecule has 0 atom stereocenters. The van der Waals surface area contributed by atoms with E-state index in [9.17, 15) is 0 Å². The van der Waals surface area contributed by atoms with Crippen molar-refractivity contribution < 1.29 is 0 Å². The zero-order valence-electron chi connectivity index (χ0n) is 9.24. The second-order valence-electron chi connectivity index (χ2n) is 3.48. The van der Waals surface area contributed by atoms with E-state index in [1.165, 1.54) is 0 Å². The van der Waals surface area contributed by atoms with Crippen molar-refractivity contribution in [1.29, 1.82) is 0 Å². The Labute approximate surface area is 99.3 Å². The van der Waals surface area contributed by atoms with Crippen molar-refractivity contribution in [2.45, 2.75) is 6.54 Å². The fourth-order valence-corrected chi connectivity index (χ4v) is 1.88. The Bertz CT molecular complexity index is 478. The van der Waals surface area contributed by atoms with Crippen molar-refractivity contribution >= 4 is 11.6 Å². The number of halogens is 1. The molecular weight excluding hydrogens is 224 g/mol. The molecule has 0 radical (unpaired) electrons. The van der Waals surface area contributed by atoms with Crippen molar-refractivity contribution in [3.63, 3.8) is 0 Å². The highest BCUT2D eigenvalue weighted by atomic mass is 35.5. The van der Waals surface area contributed by atoms with E-state index in [4.69, 9.17) is 11.6 Å². The predicted octanol–water partition coefficient (Wildman–Crippen LogP) is 1.85. The third-order valence-corrected chi connectivity index (χ3v) is 2.75. The highest BCUT2D eigenvalue weighted by Gasteiger charge is 2.15. The van der Waals surface area contributed by atoms with Gasteiger partial charge in [0.25, 0.3) is 0 Å². The molecule has 16 heavy (non-hydrogen) atoms. The third kappa shape index (κ3) is 1.94. The van der Waals surface area contributed by atoms with Crippen molar-refractivity contribution in [2.24, 2.45) is 7.05 Å². The fraction of sp³-hybridized carbons (Fsp3) is 0.273. The third-order valence-electron chi connectivity index (χ3n) is 2.35. The summed E-state index contributed by atoms with van der Waals surface area (Å²) < 4.78 is 1.78. The SMILES string of the molecule is CNCc1c(Cl)c(-c2ccccn2)nn1C. The van der Waals surface area contributed by atoms with Crippen molar-refractivity contribution in [3.05, 3.63) is 35.1 Å². The van der Waals surface area contributed by atoms with Gasteiger partial charge in [0.1, 0.15) is 5.69 Å². The van der Waals surface area contributed by atoms with E-state index >= 15 is 0 Å². The van der Waals surface area contributed by atoms with Crippen LogP contribution in [0.4, 0.5) is 0 Å². The van der Waals surface area contributed by atoms with Crippen LogP contribution in [0.15, 0.2) is 24.4 Å². The molecule has 0 aliphatic carbocycles. The quantitative estimate of drug-likeness (QED) is 0.885. The molecule has 0 aliphatic heterocycles. The Morgan fingerprint density at radius 3 is 2.88 bits per heavy atom. The second-order valence-corrected chi connectivity index (χ2v) is 3.86. The van der Waals surface area contributed by atoms with E-state index in [1.54, 1.807) is 10.9 Å². The van der Waals surface area contributed by atoms with Gasteiger partial charge in [-0.05, 0) is 19.2 Å². The van der Waals surface area contributed by atoms with Crippen LogP contribution < -0.4 is 5.32 Å². The molecule has 2 heterocycles. The maximum absolute atomic E-state index is 6.28. The fourth-order valence-electron chi connectivity index (χ4n) is 1.56. The molecular formula is C11H13ClN4. The van der Waals surface area contributed by atoms with Crippen LogP contribution in [-0.4, -0.2) is 21.8 Å². The molecule has 2 aromatic heterocycles. The standard InChI is InChI=1S/C11H13ClN4/c1-13-7-9-10(12)11(15-16(9)2)8-5-3-4-6-14-8/h3-6,13H,7H2,1-2H3. The van der Waals surface area contributed by atoms with Crippen molar-refractivity contribution in [3.8, 4) is 11.4 Å². The van der Waals surface area contributed by atoms with Crippen molar-refractivity contribution in [1.82, 2.24) is 20.1 Å². The first-order valence-electron chi connectivity index (χ1n) is 5.01. The van der Waals surface area contributed by atoms with Gasteiger partial charge in [-0.1, -0.05) is 17.7 Å². The predicted molar refractivity (Wildman–Crippen MR) is 64.2 cm³/mol. The van der Waals surface area contributed by atoms with Crippen molar-refractivity contribution in [2.75, 3.05) is 7.05 Å². The Balaban J connectivity index is 2.47. The molecule has 0 fully saturated rings. The molecule has 2 aromatic rings. The average Bonchev–Trinajstić information content (AvgIpc) is 2.59. The summed E-state index contributed by atoms with van der Waals surface area (Å²) in [4.78, 5) is 4.24. The minimum Gasteiger partial charge on any atom is -0.314 e. The highest BCUT2D eigenvalue weighted by molar-refractivity contribution is 6.33. The molecule has 2 rings (SSSR count). The highest BCUT2D eigenvalue weighted by Crippen LogP contribution is 2.27. The Hall–Kier alpha value is -1.39. The van der Waals surface area contributed by atoms with Crippen LogP contribution in [0.3, 0.4) is 0 Å². The summed E-state index contributed by atoms with van der Waals surface area (Å²) in [6.45, 7) is 0.690. The topological polar surface area (TPSA) is 42.7 Å². The molecule has 0 saturated heterocycles. The summed E-state index contributed by atoms with van der Waals surface area (Å²) in [5, 5.41) is 8.11. The van der Waals surface area contributed by atoms with Gasteiger partial charge >= 0.3 is 0 Å². The van der Waals surface area contributed by atoms with Crippen LogP contribution in [-0.2, 0) is 13.6 Å². The van der Waals surface area contributed by atoms with Gasteiger partial charge in [-0.15, -0.1) is 0 Å². The minimum atomic E-state index is 0.663. The molecule has 0 unspecified atom stereocenters. The largest absolute Gasteiger partial charge is 0.314 e. The first kappa shape index (κ1) is 11.1. The second kappa shape index (κ2) is 4.63. The number of pyridine rings is 1. The summed E-state index contributed by atoms with van der Waals surface area (Å²) in [6.07, 6.45) is 1.73. The molecule has 0 aliphatic rings. The van der Waals surface area contributed by atoms with Crippen LogP contribution in [0, 0.1) is 0 Å². The zero-order valence-corrected chi connectivity index (χ0v) is 9.99. The monoisotopic (exact) mass is 236 g/mol. The van der Waals surface area contributed by atoms with Gasteiger partial charge in [-0.2, -0.15) is 5.10 Å². The molecule has 84 valence electrons. The molecule has 0 saturated carbocycles. The number of hydrogen-bond acceptors (Lipinski definition) is 3. The normalized spacial score (nSPS) is 10.7. The Morgan fingerprint density at radius 2 is 2.25 bits per heavy atom. The van der Waals surface area contributed by atoms with E-state index in [-0.39, 0.29) is 0 Å². The smallest absolute Gasteiger partial charge is 0.130 e. The van der Waals surface area contributed by atoms with E-state index < -0.39 is 0 Å². The maximum atomic E-state index is 6.28. The van der Waals surface area contributed by atoms with Gasteiger partial charge in [0, 0.05) is 19.8 Å². The molecule has 0 spiro atoms. The summed E-state index contributed by atoms with van der Waals surface area (Å²) in [6, 6.07) is 5.69. The molecule has 0 bridgehead atoms. The lowest BCUT2D eigenvalue weighted by molar-refractivity contribution is 0.673. The van der Waals surface area contributed by atoms with Crippen LogP contribution in [0.25, 0.3) is 11.4 Å². The number of aryl methyl sites for hydroxylation is 1. The van der Waals surface area contributed by atoms with Crippen LogP contribution in [0.2, 0.25) is 5.02 Å². The molecule has 1 N–H and O–H groups in total. The van der Waals surface area contributed by atoms with E-state index in [0.717, 1.165) is 17.1 Å². The van der Waals surface area contributed by atoms with Gasteiger partial charge in [-0.25, -0.2) is 0 Å². The van der Waals surface area contributed by atoms with Gasteiger partial charge in [0.15, 0.2) is 0 Å². The molecule has 0 amide bonds. The van der Waals surface area contributed by atoms with Crippen LogP contribution in [0.1, 0.15) is 5.69 Å². The van der Waals surface area contributed by atoms with Crippen LogP contribution >= 0.6 is 11.6 Å². The van der Waals surface area contributed by atoms with Gasteiger partial charge in [-0.3, -0.25) is 9.67 Å². The Kier molecular flexibility index (Phi) is 3.22. The van der Waals surface area contributed by atoms with Crippen LogP contribution in [0.5, 0.6) is 0 Å². The molecule has 4 nitrogen and oxygen atoms in total. The summed E-state index contributed by atoms with van der Waals surface area (Å²) in [5.74, 6) is 0. The molecule has 0 aromatic carbocycles. The van der Waals surface area contributed by atoms with Gasteiger partial charge in [0.05, 0.1) is 16.4 Å². The van der Waals surface area contributed by atoms with Gasteiger partial charge < -0.3 is 5.32 Å². The zero-order chi connectivity index (χ0) is 11.5. The van der Waals surface area contributed by atoms with E-state index in [0.29, 0.717) is 11.6 Å². The number of nitrogens with one attached hydrogen (secondary N) is 1. The number of rotatable bonds is 3. The van der Waals surface area contributed by atoms with Gasteiger partial charge in [0.2, 0.25) is 0 Å². The maximum Gasteiger partial charge on any atom is 0.130 e. The minimum absolute atomic E-state index is 0.663. The lowest BCUT2D eigenvalue weighted by atomic mass is 10.2. The first-order chi connectivity index (χ1) is 7.74. The number of aromatic nitrogens is 3. The number of hydrogen-bond donors (Lipinski definition) is 1. The lowest BCUT2D eigenvalue weighted by Crippen LogP contribution is -2.09. The summed E-state index contributed by atoms with van der Waals surface area (Å²) in [5.41, 5.74) is 2.49. The summed E-state index contributed by atoms with van der Waals surface area (Å²) >= 11 is 6.28. The van der Waals surface area contributed by atoms with E-state index in [2.05, 4.69) is 15.4 Å². The van der Waals surface area contributed by atoms with E-state index in [1.807, 2.05) is 32.3 Å². The lowest BCUT2D eigenvalue weighted by Gasteiger charge is -1.99. The Morgan fingerprint density at radius 1 is 1.44 bits per heavy atom.